The van der Waals surface area contributed by atoms with Crippen LogP contribution in [0.15, 0.2) is 49.1 Å². The third kappa shape index (κ3) is 4.61. The minimum Gasteiger partial charge on any atom is -0.504 e. The van der Waals surface area contributed by atoms with Crippen molar-refractivity contribution in [1.82, 2.24) is 4.98 Å². The lowest BCUT2D eigenvalue weighted by molar-refractivity contribution is -1.02. The number of benzene rings is 2. The van der Waals surface area contributed by atoms with E-state index in [4.69, 9.17) is 9.72 Å². The molecule has 5 nitrogen and oxygen atoms in total. The fourth-order valence-corrected chi connectivity index (χ4v) is 5.13. The molecule has 0 saturated carbocycles. The van der Waals surface area contributed by atoms with Crippen LogP contribution >= 0.6 is 11.3 Å². The fraction of sp³-hybridized carbons (Fsp3) is 0.348. The Labute approximate surface area is 175 Å². The molecule has 3 aromatic rings. The molecular weight excluding hydrogens is 382 g/mol. The normalized spacial score (nSPS) is 19.3. The zero-order valence-electron chi connectivity index (χ0n) is 16.9. The van der Waals surface area contributed by atoms with Gasteiger partial charge in [0.25, 0.3) is 0 Å². The number of phenols is 1. The number of hydrogen-bond donors (Lipinski definition) is 3. The molecule has 0 spiro atoms. The number of phenolic OH excluding ortho intramolecular Hbond substituents is 1. The van der Waals surface area contributed by atoms with E-state index in [1.54, 1.807) is 12.0 Å². The summed E-state index contributed by atoms with van der Waals surface area (Å²) in [4.78, 5) is 7.89. The number of quaternary nitrogens is 2. The van der Waals surface area contributed by atoms with Crippen molar-refractivity contribution >= 4 is 21.6 Å². The Hall–Kier alpha value is -2.41. The van der Waals surface area contributed by atoms with E-state index in [0.717, 1.165) is 62.3 Å². The van der Waals surface area contributed by atoms with Gasteiger partial charge in [0.15, 0.2) is 11.5 Å². The van der Waals surface area contributed by atoms with E-state index in [0.29, 0.717) is 5.75 Å². The van der Waals surface area contributed by atoms with Gasteiger partial charge in [-0.2, -0.15) is 0 Å². The van der Waals surface area contributed by atoms with Crippen LogP contribution < -0.4 is 14.5 Å². The van der Waals surface area contributed by atoms with Crippen molar-refractivity contribution in [3.05, 3.63) is 65.2 Å². The minimum atomic E-state index is 0.275. The van der Waals surface area contributed by atoms with Crippen molar-refractivity contribution < 1.29 is 19.6 Å². The third-order valence-electron chi connectivity index (χ3n) is 5.66. The highest BCUT2D eigenvalue weighted by Crippen LogP contribution is 2.31. The molecule has 1 aliphatic rings. The summed E-state index contributed by atoms with van der Waals surface area (Å²) in [6, 6.07) is 12.4. The molecule has 2 aromatic carbocycles. The number of hydrogen-bond acceptors (Lipinski definition) is 4. The Balaban J connectivity index is 1.37. The van der Waals surface area contributed by atoms with Gasteiger partial charge in [-0.3, -0.25) is 0 Å². The molecule has 0 amide bonds. The van der Waals surface area contributed by atoms with Crippen molar-refractivity contribution in [2.45, 2.75) is 19.5 Å². The lowest BCUT2D eigenvalue weighted by Gasteiger charge is -2.29. The average molecular weight is 412 g/mol. The summed E-state index contributed by atoms with van der Waals surface area (Å²) in [5, 5.41) is 11.8. The van der Waals surface area contributed by atoms with Gasteiger partial charge in [-0.25, -0.2) is 4.98 Å². The zero-order chi connectivity index (χ0) is 20.2. The Kier molecular flexibility index (Phi) is 6.13. The second-order valence-corrected chi connectivity index (χ2v) is 8.84. The number of nitrogens with zero attached hydrogens (tertiary/aromatic N) is 1. The van der Waals surface area contributed by atoms with Gasteiger partial charge in [-0.1, -0.05) is 18.2 Å². The highest BCUT2D eigenvalue weighted by Gasteiger charge is 2.25. The summed E-state index contributed by atoms with van der Waals surface area (Å²) in [6.45, 7) is 10.1. The average Bonchev–Trinajstić information content (AvgIpc) is 3.14. The van der Waals surface area contributed by atoms with Crippen molar-refractivity contribution in [3.8, 4) is 11.5 Å². The topological polar surface area (TPSA) is 51.2 Å². The second kappa shape index (κ2) is 8.95. The van der Waals surface area contributed by atoms with Crippen molar-refractivity contribution in [1.29, 1.82) is 0 Å². The molecule has 0 atom stereocenters. The van der Waals surface area contributed by atoms with Crippen LogP contribution in [0.1, 0.15) is 16.1 Å². The zero-order valence-corrected chi connectivity index (χ0v) is 17.7. The molecule has 6 heteroatoms. The fourth-order valence-electron chi connectivity index (χ4n) is 4.09. The van der Waals surface area contributed by atoms with Gasteiger partial charge in [0.05, 0.1) is 22.9 Å². The van der Waals surface area contributed by atoms with Crippen LogP contribution in [-0.2, 0) is 19.5 Å². The van der Waals surface area contributed by atoms with Crippen molar-refractivity contribution in [3.63, 3.8) is 0 Å². The van der Waals surface area contributed by atoms with Crippen LogP contribution in [0.5, 0.6) is 11.5 Å². The maximum atomic E-state index is 10.6. The summed E-state index contributed by atoms with van der Waals surface area (Å²) in [5.74, 6) is 0.830. The Bertz CT molecular complexity index is 960. The Morgan fingerprint density at radius 2 is 1.86 bits per heavy atom. The van der Waals surface area contributed by atoms with Gasteiger partial charge in [-0.05, 0) is 36.2 Å². The first-order chi connectivity index (χ1) is 14.2. The van der Waals surface area contributed by atoms with E-state index < -0.39 is 0 Å². The van der Waals surface area contributed by atoms with Gasteiger partial charge in [0.1, 0.15) is 44.3 Å². The van der Waals surface area contributed by atoms with E-state index in [9.17, 15) is 5.11 Å². The summed E-state index contributed by atoms with van der Waals surface area (Å²) in [5.41, 5.74) is 3.20. The maximum absolute atomic E-state index is 10.6. The molecule has 1 aliphatic heterocycles. The Morgan fingerprint density at radius 1 is 1.14 bits per heavy atom. The Morgan fingerprint density at radius 3 is 2.55 bits per heavy atom. The molecule has 1 aromatic heterocycles. The third-order valence-corrected chi connectivity index (χ3v) is 6.69. The van der Waals surface area contributed by atoms with E-state index in [1.165, 1.54) is 14.6 Å². The number of fused-ring (bicyclic) bond motifs is 1. The molecule has 3 N–H and O–H groups in total. The summed E-state index contributed by atoms with van der Waals surface area (Å²) in [6.07, 6.45) is 2.66. The van der Waals surface area contributed by atoms with E-state index >= 15 is 0 Å². The number of rotatable bonds is 7. The molecular formula is C23H29N3O2S+2. The highest BCUT2D eigenvalue weighted by molar-refractivity contribution is 7.18. The van der Waals surface area contributed by atoms with Gasteiger partial charge < -0.3 is 19.6 Å². The second-order valence-electron chi connectivity index (χ2n) is 7.73. The number of aromatic hydroxyl groups is 1. The quantitative estimate of drug-likeness (QED) is 0.513. The van der Waals surface area contributed by atoms with E-state index in [1.807, 2.05) is 23.5 Å². The first kappa shape index (κ1) is 19.9. The molecule has 0 radical (unpaired) electrons. The number of thiazole rings is 1. The molecule has 4 rings (SSSR count). The first-order valence-corrected chi connectivity index (χ1v) is 11.0. The van der Waals surface area contributed by atoms with Crippen LogP contribution in [0.2, 0.25) is 0 Å². The van der Waals surface area contributed by atoms with Crippen molar-refractivity contribution in [2.24, 2.45) is 0 Å². The summed E-state index contributed by atoms with van der Waals surface area (Å²) < 4.78 is 6.64. The number of aromatic nitrogens is 1. The van der Waals surface area contributed by atoms with Gasteiger partial charge >= 0.3 is 0 Å². The molecule has 152 valence electrons. The minimum absolute atomic E-state index is 0.275. The van der Waals surface area contributed by atoms with Gasteiger partial charge in [0, 0.05) is 0 Å². The summed E-state index contributed by atoms with van der Waals surface area (Å²) >= 11 is 1.81. The van der Waals surface area contributed by atoms with Crippen LogP contribution in [0.4, 0.5) is 0 Å². The number of ether oxygens (including phenoxy) is 1. The van der Waals surface area contributed by atoms with Crippen molar-refractivity contribution in [2.75, 3.05) is 33.3 Å². The molecule has 1 fully saturated rings. The smallest absolute Gasteiger partial charge is 0.166 e. The van der Waals surface area contributed by atoms with Gasteiger partial charge in [0.2, 0.25) is 0 Å². The first-order valence-electron chi connectivity index (χ1n) is 10.2. The summed E-state index contributed by atoms with van der Waals surface area (Å²) in [7, 11) is 1.60. The van der Waals surface area contributed by atoms with E-state index in [2.05, 4.69) is 36.9 Å². The number of nitrogens with one attached hydrogen (secondary N) is 2. The number of piperazine rings is 1. The van der Waals surface area contributed by atoms with Crippen LogP contribution in [0.25, 0.3) is 10.2 Å². The lowest BCUT2D eigenvalue weighted by Crippen LogP contribution is -3.27. The predicted octanol–water partition coefficient (Wildman–Crippen LogP) is 1.22. The van der Waals surface area contributed by atoms with Gasteiger partial charge in [-0.15, -0.1) is 17.9 Å². The van der Waals surface area contributed by atoms with Crippen LogP contribution in [-0.4, -0.2) is 43.4 Å². The number of para-hydroxylation sites is 1. The monoisotopic (exact) mass is 411 g/mol. The molecule has 1 saturated heterocycles. The van der Waals surface area contributed by atoms with Crippen LogP contribution in [0, 0.1) is 0 Å². The van der Waals surface area contributed by atoms with Crippen LogP contribution in [0.3, 0.4) is 0 Å². The maximum Gasteiger partial charge on any atom is 0.166 e. The molecule has 2 heterocycles. The molecule has 0 aliphatic carbocycles. The molecule has 0 bridgehead atoms. The number of allylic oxidation sites excluding steroid dienone is 1. The standard InChI is InChI=1S/C23H27N3O2S/c1-3-6-17-13-18(23(27)20(14-17)28-2)15-25-9-11-26(12-10-25)16-22-24-19-7-4-5-8-21(19)29-22/h3-5,7-8,13-14,27H,1,6,9-12,15-16H2,2H3/p+2. The molecule has 29 heavy (non-hydrogen) atoms. The largest absolute Gasteiger partial charge is 0.504 e. The number of methoxy groups -OCH3 is 1. The highest BCUT2D eigenvalue weighted by atomic mass is 32.1. The van der Waals surface area contributed by atoms with E-state index in [-0.39, 0.29) is 5.75 Å². The lowest BCUT2D eigenvalue weighted by atomic mass is 10.1. The predicted molar refractivity (Wildman–Crippen MR) is 117 cm³/mol. The SMILES string of the molecule is C=CCc1cc(C[NH+]2CC[NH+](Cc3nc4ccccc4s3)CC2)c(O)c(OC)c1. The molecule has 0 unspecified atom stereocenters.